The molecule has 1 aliphatic heterocycles. The topological polar surface area (TPSA) is 29.5 Å². The quantitative estimate of drug-likeness (QED) is 0.736. The fourth-order valence-corrected chi connectivity index (χ4v) is 3.31. The van der Waals surface area contributed by atoms with Crippen molar-refractivity contribution in [3.63, 3.8) is 0 Å². The first kappa shape index (κ1) is 17.3. The van der Waals surface area contributed by atoms with Crippen molar-refractivity contribution in [1.82, 2.24) is 4.90 Å². The molecule has 130 valence electrons. The first-order valence-electron chi connectivity index (χ1n) is 8.97. The van der Waals surface area contributed by atoms with E-state index in [-0.39, 0.29) is 5.97 Å². The fourth-order valence-electron chi connectivity index (χ4n) is 3.31. The Morgan fingerprint density at radius 1 is 1.04 bits per heavy atom. The van der Waals surface area contributed by atoms with E-state index < -0.39 is 0 Å². The number of carbonyl (C=O) groups is 1. The van der Waals surface area contributed by atoms with Crippen LogP contribution < -0.4 is 0 Å². The number of nitrogens with zero attached hydrogens (tertiary/aromatic N) is 1. The van der Waals surface area contributed by atoms with Crippen LogP contribution in [0.2, 0.25) is 0 Å². The highest BCUT2D eigenvalue weighted by Gasteiger charge is 2.25. The van der Waals surface area contributed by atoms with Crippen LogP contribution >= 0.6 is 0 Å². The average molecular weight is 335 g/mol. The zero-order chi connectivity index (χ0) is 17.5. The van der Waals surface area contributed by atoms with Gasteiger partial charge in [-0.3, -0.25) is 0 Å². The Labute approximate surface area is 149 Å². The Hall–Kier alpha value is -2.55. The summed E-state index contributed by atoms with van der Waals surface area (Å²) in [6.07, 6.45) is 4.75. The summed E-state index contributed by atoms with van der Waals surface area (Å²) in [5.41, 5.74) is 3.36. The molecule has 2 aromatic rings. The van der Waals surface area contributed by atoms with Crippen molar-refractivity contribution < 1.29 is 9.53 Å². The smallest absolute Gasteiger partial charge is 0.335 e. The predicted octanol–water partition coefficient (Wildman–Crippen LogP) is 4.34. The molecule has 0 radical (unpaired) electrons. The summed E-state index contributed by atoms with van der Waals surface area (Å²) in [7, 11) is 0. The third-order valence-electron chi connectivity index (χ3n) is 4.60. The molecule has 25 heavy (non-hydrogen) atoms. The van der Waals surface area contributed by atoms with Crippen LogP contribution in [0.5, 0.6) is 0 Å². The van der Waals surface area contributed by atoms with Gasteiger partial charge in [0.1, 0.15) is 0 Å². The number of esters is 1. The molecule has 1 aliphatic rings. The van der Waals surface area contributed by atoms with E-state index in [2.05, 4.69) is 53.4 Å². The molecule has 0 saturated heterocycles. The van der Waals surface area contributed by atoms with Gasteiger partial charge in [-0.2, -0.15) is 0 Å². The standard InChI is InChI=1S/C22H25NO2/c1-2-25-22(24)20-13-14-21(15-18-9-5-3-6-10-18)23(17-20)16-19-11-7-4-8-12-19/h3-12,17,21H,2,13-16H2,1H3. The van der Waals surface area contributed by atoms with Crippen molar-refractivity contribution in [2.45, 2.75) is 38.8 Å². The van der Waals surface area contributed by atoms with Crippen LogP contribution in [0, 0.1) is 0 Å². The van der Waals surface area contributed by atoms with Crippen molar-refractivity contribution in [1.29, 1.82) is 0 Å². The molecule has 3 nitrogen and oxygen atoms in total. The molecular weight excluding hydrogens is 310 g/mol. The SMILES string of the molecule is CCOC(=O)C1=CN(Cc2ccccc2)C(Cc2ccccc2)CC1. The maximum absolute atomic E-state index is 12.1. The van der Waals surface area contributed by atoms with Crippen molar-refractivity contribution in [2.75, 3.05) is 6.61 Å². The number of hydrogen-bond acceptors (Lipinski definition) is 3. The number of benzene rings is 2. The van der Waals surface area contributed by atoms with Crippen molar-refractivity contribution in [2.24, 2.45) is 0 Å². The van der Waals surface area contributed by atoms with Gasteiger partial charge in [0.2, 0.25) is 0 Å². The van der Waals surface area contributed by atoms with Crippen molar-refractivity contribution in [3.05, 3.63) is 83.6 Å². The molecule has 1 heterocycles. The van der Waals surface area contributed by atoms with Gasteiger partial charge >= 0.3 is 5.97 Å². The lowest BCUT2D eigenvalue weighted by Gasteiger charge is -2.35. The lowest BCUT2D eigenvalue weighted by molar-refractivity contribution is -0.139. The van der Waals surface area contributed by atoms with E-state index in [1.165, 1.54) is 11.1 Å². The minimum atomic E-state index is -0.182. The third kappa shape index (κ3) is 4.72. The maximum atomic E-state index is 12.1. The molecule has 0 bridgehead atoms. The predicted molar refractivity (Wildman–Crippen MR) is 99.9 cm³/mol. The second-order valence-corrected chi connectivity index (χ2v) is 6.41. The van der Waals surface area contributed by atoms with Crippen LogP contribution in [0.4, 0.5) is 0 Å². The van der Waals surface area contributed by atoms with Crippen LogP contribution in [0.1, 0.15) is 30.9 Å². The zero-order valence-electron chi connectivity index (χ0n) is 14.7. The first-order chi connectivity index (χ1) is 12.3. The van der Waals surface area contributed by atoms with E-state index in [9.17, 15) is 4.79 Å². The number of hydrogen-bond donors (Lipinski definition) is 0. The molecule has 0 amide bonds. The molecule has 1 atom stereocenters. The highest BCUT2D eigenvalue weighted by molar-refractivity contribution is 5.88. The second kappa shape index (κ2) is 8.52. The van der Waals surface area contributed by atoms with Gasteiger partial charge < -0.3 is 9.64 Å². The lowest BCUT2D eigenvalue weighted by Crippen LogP contribution is -2.36. The van der Waals surface area contributed by atoms with Crippen LogP contribution in [0.3, 0.4) is 0 Å². The van der Waals surface area contributed by atoms with Crippen molar-refractivity contribution in [3.8, 4) is 0 Å². The summed E-state index contributed by atoms with van der Waals surface area (Å²) in [4.78, 5) is 14.4. The highest BCUT2D eigenvalue weighted by Crippen LogP contribution is 2.26. The van der Waals surface area contributed by atoms with Gasteiger partial charge in [0.15, 0.2) is 0 Å². The van der Waals surface area contributed by atoms with E-state index in [1.54, 1.807) is 0 Å². The van der Waals surface area contributed by atoms with Crippen LogP contribution in [-0.4, -0.2) is 23.5 Å². The van der Waals surface area contributed by atoms with Crippen LogP contribution in [-0.2, 0) is 22.5 Å². The average Bonchev–Trinajstić information content (AvgIpc) is 2.65. The van der Waals surface area contributed by atoms with E-state index in [4.69, 9.17) is 4.74 Å². The Morgan fingerprint density at radius 3 is 2.32 bits per heavy atom. The summed E-state index contributed by atoms with van der Waals surface area (Å²) in [5.74, 6) is -0.182. The van der Waals surface area contributed by atoms with Gasteiger partial charge in [0, 0.05) is 18.8 Å². The van der Waals surface area contributed by atoms with Gasteiger partial charge in [-0.1, -0.05) is 60.7 Å². The molecule has 3 rings (SSSR count). The normalized spacial score (nSPS) is 17.1. The maximum Gasteiger partial charge on any atom is 0.335 e. The highest BCUT2D eigenvalue weighted by atomic mass is 16.5. The summed E-state index contributed by atoms with van der Waals surface area (Å²) in [6, 6.07) is 21.4. The Kier molecular flexibility index (Phi) is 5.89. The molecule has 0 aliphatic carbocycles. The van der Waals surface area contributed by atoms with E-state index in [1.807, 2.05) is 25.3 Å². The van der Waals surface area contributed by atoms with Gasteiger partial charge in [-0.05, 0) is 37.3 Å². The number of carbonyl (C=O) groups excluding carboxylic acids is 1. The Morgan fingerprint density at radius 2 is 1.68 bits per heavy atom. The van der Waals surface area contributed by atoms with Gasteiger partial charge in [0.05, 0.1) is 12.2 Å². The number of rotatable bonds is 6. The largest absolute Gasteiger partial charge is 0.463 e. The molecule has 0 N–H and O–H groups in total. The second-order valence-electron chi connectivity index (χ2n) is 6.41. The molecule has 2 aromatic carbocycles. The van der Waals surface area contributed by atoms with Gasteiger partial charge in [0.25, 0.3) is 0 Å². The summed E-state index contributed by atoms with van der Waals surface area (Å²) >= 11 is 0. The minimum Gasteiger partial charge on any atom is -0.463 e. The molecular formula is C22H25NO2. The van der Waals surface area contributed by atoms with Crippen LogP contribution in [0.15, 0.2) is 72.4 Å². The van der Waals surface area contributed by atoms with E-state index in [0.29, 0.717) is 12.6 Å². The zero-order valence-corrected chi connectivity index (χ0v) is 14.7. The number of ether oxygens (including phenoxy) is 1. The Balaban J connectivity index is 1.80. The molecule has 0 fully saturated rings. The van der Waals surface area contributed by atoms with Crippen LogP contribution in [0.25, 0.3) is 0 Å². The summed E-state index contributed by atoms with van der Waals surface area (Å²) in [6.45, 7) is 3.07. The lowest BCUT2D eigenvalue weighted by atomic mass is 9.94. The summed E-state index contributed by atoms with van der Waals surface area (Å²) < 4.78 is 5.20. The molecule has 0 aromatic heterocycles. The Bertz CT molecular complexity index is 709. The van der Waals surface area contributed by atoms with E-state index >= 15 is 0 Å². The van der Waals surface area contributed by atoms with E-state index in [0.717, 1.165) is 31.4 Å². The van der Waals surface area contributed by atoms with Gasteiger partial charge in [-0.25, -0.2) is 4.79 Å². The molecule has 1 unspecified atom stereocenters. The first-order valence-corrected chi connectivity index (χ1v) is 8.97. The third-order valence-corrected chi connectivity index (χ3v) is 4.60. The van der Waals surface area contributed by atoms with Crippen molar-refractivity contribution >= 4 is 5.97 Å². The fraction of sp³-hybridized carbons (Fsp3) is 0.318. The molecule has 3 heteroatoms. The summed E-state index contributed by atoms with van der Waals surface area (Å²) in [5, 5.41) is 0. The minimum absolute atomic E-state index is 0.182. The molecule has 0 spiro atoms. The molecule has 0 saturated carbocycles. The van der Waals surface area contributed by atoms with Gasteiger partial charge in [-0.15, -0.1) is 0 Å². The monoisotopic (exact) mass is 335 g/mol.